The van der Waals surface area contributed by atoms with Crippen molar-refractivity contribution < 1.29 is 13.2 Å². The first kappa shape index (κ1) is 24.6. The Labute approximate surface area is 184 Å². The van der Waals surface area contributed by atoms with Crippen molar-refractivity contribution in [1.82, 2.24) is 20.3 Å². The number of benzene rings is 1. The first-order chi connectivity index (χ1) is 12.9. The lowest BCUT2D eigenvalue weighted by Gasteiger charge is -2.18. The van der Waals surface area contributed by atoms with E-state index < -0.39 is 10.0 Å². The number of likely N-dealkylation sites (tertiary alicyclic amines) is 1. The van der Waals surface area contributed by atoms with E-state index in [1.807, 2.05) is 18.7 Å². The van der Waals surface area contributed by atoms with Gasteiger partial charge >= 0.3 is 0 Å². The SMILES string of the molecule is CCC(=O)N1CCC(NC(=NC)NCCNS(=O)(=O)c2ccc(C)cc2)C1.I. The minimum Gasteiger partial charge on any atom is -0.355 e. The maximum Gasteiger partial charge on any atom is 0.240 e. The number of hydrogen-bond acceptors (Lipinski definition) is 4. The number of aryl methyl sites for hydroxylation is 1. The van der Waals surface area contributed by atoms with Crippen LogP contribution in [0.15, 0.2) is 34.2 Å². The van der Waals surface area contributed by atoms with Crippen molar-refractivity contribution in [3.05, 3.63) is 29.8 Å². The Hall–Kier alpha value is -1.40. The van der Waals surface area contributed by atoms with Gasteiger partial charge in [-0.25, -0.2) is 13.1 Å². The third-order valence-electron chi connectivity index (χ3n) is 4.45. The summed E-state index contributed by atoms with van der Waals surface area (Å²) in [6.07, 6.45) is 1.38. The monoisotopic (exact) mass is 523 g/mol. The minimum atomic E-state index is -3.52. The Morgan fingerprint density at radius 3 is 2.54 bits per heavy atom. The standard InChI is InChI=1S/C18H29N5O3S.HI/c1-4-17(24)23-12-9-15(13-23)22-18(19-3)20-10-11-21-27(25,26)16-7-5-14(2)6-8-16;/h5-8,15,21H,4,9-13H2,1-3H3,(H2,19,20,22);1H. The van der Waals surface area contributed by atoms with Crippen molar-refractivity contribution in [2.24, 2.45) is 4.99 Å². The molecule has 1 heterocycles. The zero-order chi connectivity index (χ0) is 19.9. The molecule has 3 N–H and O–H groups in total. The molecular formula is C18H30IN5O3S. The maximum atomic E-state index is 12.2. The lowest BCUT2D eigenvalue weighted by atomic mass is 10.2. The largest absolute Gasteiger partial charge is 0.355 e. The smallest absolute Gasteiger partial charge is 0.240 e. The maximum absolute atomic E-state index is 12.2. The van der Waals surface area contributed by atoms with E-state index in [1.165, 1.54) is 0 Å². The zero-order valence-corrected chi connectivity index (χ0v) is 19.7. The fourth-order valence-electron chi connectivity index (χ4n) is 2.88. The Bertz CT molecular complexity index is 768. The number of nitrogens with zero attached hydrogens (tertiary/aromatic N) is 2. The molecule has 0 aromatic heterocycles. The highest BCUT2D eigenvalue weighted by Crippen LogP contribution is 2.10. The molecule has 1 unspecified atom stereocenters. The second-order valence-corrected chi connectivity index (χ2v) is 8.30. The lowest BCUT2D eigenvalue weighted by molar-refractivity contribution is -0.129. The van der Waals surface area contributed by atoms with Crippen LogP contribution in [0.4, 0.5) is 0 Å². The van der Waals surface area contributed by atoms with Gasteiger partial charge in [-0.15, -0.1) is 24.0 Å². The van der Waals surface area contributed by atoms with E-state index in [0.29, 0.717) is 25.5 Å². The molecule has 1 amide bonds. The minimum absolute atomic E-state index is 0. The topological polar surface area (TPSA) is 103 Å². The van der Waals surface area contributed by atoms with Gasteiger partial charge in [-0.05, 0) is 25.5 Å². The van der Waals surface area contributed by atoms with Gasteiger partial charge in [0.2, 0.25) is 15.9 Å². The highest BCUT2D eigenvalue weighted by atomic mass is 127. The van der Waals surface area contributed by atoms with Gasteiger partial charge in [-0.1, -0.05) is 24.6 Å². The van der Waals surface area contributed by atoms with Crippen LogP contribution in [-0.2, 0) is 14.8 Å². The summed E-state index contributed by atoms with van der Waals surface area (Å²) in [7, 11) is -1.86. The summed E-state index contributed by atoms with van der Waals surface area (Å²) in [5.41, 5.74) is 1.01. The van der Waals surface area contributed by atoms with Crippen LogP contribution in [0.1, 0.15) is 25.3 Å². The molecule has 28 heavy (non-hydrogen) atoms. The number of rotatable bonds is 7. The first-order valence-electron chi connectivity index (χ1n) is 9.17. The quantitative estimate of drug-likeness (QED) is 0.215. The van der Waals surface area contributed by atoms with Crippen LogP contribution in [0.5, 0.6) is 0 Å². The molecule has 0 radical (unpaired) electrons. The Morgan fingerprint density at radius 2 is 1.93 bits per heavy atom. The molecule has 0 aliphatic carbocycles. The number of nitrogens with one attached hydrogen (secondary N) is 3. The molecule has 0 spiro atoms. The van der Waals surface area contributed by atoms with Crippen LogP contribution < -0.4 is 15.4 Å². The molecule has 1 aromatic rings. The summed E-state index contributed by atoms with van der Waals surface area (Å²) in [6, 6.07) is 6.87. The Morgan fingerprint density at radius 1 is 1.25 bits per heavy atom. The third kappa shape index (κ3) is 7.21. The van der Waals surface area contributed by atoms with Crippen molar-refractivity contribution in [2.75, 3.05) is 33.2 Å². The lowest BCUT2D eigenvalue weighted by Crippen LogP contribution is -2.46. The first-order valence-corrected chi connectivity index (χ1v) is 10.7. The predicted molar refractivity (Wildman–Crippen MR) is 122 cm³/mol. The third-order valence-corrected chi connectivity index (χ3v) is 5.93. The summed E-state index contributed by atoms with van der Waals surface area (Å²) in [5.74, 6) is 0.757. The van der Waals surface area contributed by atoms with Crippen LogP contribution in [-0.4, -0.2) is 64.5 Å². The predicted octanol–water partition coefficient (Wildman–Crippen LogP) is 1.07. The van der Waals surface area contributed by atoms with Crippen molar-refractivity contribution in [1.29, 1.82) is 0 Å². The second-order valence-electron chi connectivity index (χ2n) is 6.53. The van der Waals surface area contributed by atoms with Gasteiger partial charge < -0.3 is 15.5 Å². The summed E-state index contributed by atoms with van der Waals surface area (Å²) in [6.45, 7) is 5.82. The Kier molecular flexibility index (Phi) is 10.2. The van der Waals surface area contributed by atoms with Crippen molar-refractivity contribution >= 4 is 45.9 Å². The number of amides is 1. The molecule has 10 heteroatoms. The highest BCUT2D eigenvalue weighted by Gasteiger charge is 2.25. The average Bonchev–Trinajstić information content (AvgIpc) is 3.12. The number of aliphatic imine (C=N–C) groups is 1. The molecule has 0 bridgehead atoms. The molecule has 1 saturated heterocycles. The average molecular weight is 523 g/mol. The van der Waals surface area contributed by atoms with E-state index in [9.17, 15) is 13.2 Å². The number of carbonyl (C=O) groups is 1. The number of sulfonamides is 1. The van der Waals surface area contributed by atoms with E-state index >= 15 is 0 Å². The molecular weight excluding hydrogens is 493 g/mol. The van der Waals surface area contributed by atoms with Gasteiger partial charge in [-0.3, -0.25) is 9.79 Å². The van der Waals surface area contributed by atoms with Gasteiger partial charge in [0.25, 0.3) is 0 Å². The fourth-order valence-corrected chi connectivity index (χ4v) is 3.92. The summed E-state index contributed by atoms with van der Waals surface area (Å²) < 4.78 is 27.1. The van der Waals surface area contributed by atoms with Gasteiger partial charge in [0.15, 0.2) is 5.96 Å². The normalized spacial score (nSPS) is 17.2. The van der Waals surface area contributed by atoms with Gasteiger partial charge in [-0.2, -0.15) is 0 Å². The van der Waals surface area contributed by atoms with Crippen LogP contribution in [0.25, 0.3) is 0 Å². The Balaban J connectivity index is 0.00000392. The van der Waals surface area contributed by atoms with E-state index in [4.69, 9.17) is 0 Å². The molecule has 1 fully saturated rings. The van der Waals surface area contributed by atoms with Gasteiger partial charge in [0, 0.05) is 45.7 Å². The van der Waals surface area contributed by atoms with Gasteiger partial charge in [0.1, 0.15) is 0 Å². The van der Waals surface area contributed by atoms with E-state index in [-0.39, 0.29) is 47.4 Å². The molecule has 1 aliphatic rings. The van der Waals surface area contributed by atoms with Crippen LogP contribution in [0.2, 0.25) is 0 Å². The molecule has 1 aliphatic heterocycles. The van der Waals surface area contributed by atoms with E-state index in [0.717, 1.165) is 18.5 Å². The van der Waals surface area contributed by atoms with Crippen molar-refractivity contribution in [3.8, 4) is 0 Å². The molecule has 158 valence electrons. The van der Waals surface area contributed by atoms with E-state index in [2.05, 4.69) is 20.3 Å². The number of carbonyl (C=O) groups excluding carboxylic acids is 1. The van der Waals surface area contributed by atoms with Gasteiger partial charge in [0.05, 0.1) is 4.90 Å². The summed E-state index contributed by atoms with van der Waals surface area (Å²) in [5, 5.41) is 6.37. The molecule has 1 atom stereocenters. The molecule has 1 aromatic carbocycles. The number of guanidine groups is 1. The zero-order valence-electron chi connectivity index (χ0n) is 16.6. The number of halogens is 1. The molecule has 0 saturated carbocycles. The fraction of sp³-hybridized carbons (Fsp3) is 0.556. The van der Waals surface area contributed by atoms with Crippen LogP contribution in [0.3, 0.4) is 0 Å². The second kappa shape index (κ2) is 11.6. The number of hydrogen-bond donors (Lipinski definition) is 3. The molecule has 8 nitrogen and oxygen atoms in total. The van der Waals surface area contributed by atoms with Crippen LogP contribution >= 0.6 is 24.0 Å². The highest BCUT2D eigenvalue weighted by molar-refractivity contribution is 14.0. The van der Waals surface area contributed by atoms with Crippen molar-refractivity contribution in [3.63, 3.8) is 0 Å². The molecule has 2 rings (SSSR count). The van der Waals surface area contributed by atoms with Crippen LogP contribution in [0, 0.1) is 6.92 Å². The summed E-state index contributed by atoms with van der Waals surface area (Å²) in [4.78, 5) is 18.0. The van der Waals surface area contributed by atoms with E-state index in [1.54, 1.807) is 31.3 Å². The summed E-state index contributed by atoms with van der Waals surface area (Å²) >= 11 is 0. The van der Waals surface area contributed by atoms with Crippen molar-refractivity contribution in [2.45, 2.75) is 37.6 Å².